The zero-order valence-corrected chi connectivity index (χ0v) is 12.8. The molecule has 0 saturated heterocycles. The Bertz CT molecular complexity index is 525. The summed E-state index contributed by atoms with van der Waals surface area (Å²) < 4.78 is 10.0. The average molecular weight is 310 g/mol. The van der Waals surface area contributed by atoms with E-state index >= 15 is 0 Å². The zero-order chi connectivity index (χ0) is 15.7. The van der Waals surface area contributed by atoms with Gasteiger partial charge in [-0.1, -0.05) is 6.07 Å². The maximum absolute atomic E-state index is 11.3. The number of carboxylic acids is 1. The quantitative estimate of drug-likeness (QED) is 0.588. The van der Waals surface area contributed by atoms with E-state index in [-0.39, 0.29) is 11.7 Å². The molecule has 5 nitrogen and oxygen atoms in total. The van der Waals surface area contributed by atoms with Crippen molar-refractivity contribution in [1.29, 1.82) is 0 Å². The van der Waals surface area contributed by atoms with Crippen molar-refractivity contribution in [2.45, 2.75) is 12.7 Å². The van der Waals surface area contributed by atoms with Crippen molar-refractivity contribution in [3.63, 3.8) is 0 Å². The highest BCUT2D eigenvalue weighted by Crippen LogP contribution is 2.23. The molecule has 1 aromatic rings. The fourth-order valence-corrected chi connectivity index (χ4v) is 2.43. The van der Waals surface area contributed by atoms with Gasteiger partial charge in [0, 0.05) is 11.8 Å². The molecule has 114 valence electrons. The molecule has 0 bridgehead atoms. The molecule has 0 aliphatic carbocycles. The molecule has 0 unspecified atom stereocenters. The van der Waals surface area contributed by atoms with Crippen molar-refractivity contribution in [3.05, 3.63) is 35.4 Å². The van der Waals surface area contributed by atoms with Crippen LogP contribution in [0.2, 0.25) is 0 Å². The number of thioether (sulfide) groups is 1. The van der Waals surface area contributed by atoms with E-state index < -0.39 is 5.97 Å². The number of aliphatic carboxylic acids is 1. The highest BCUT2D eigenvalue weighted by molar-refractivity contribution is 7.99. The number of carbonyl (C=O) groups excluding carboxylic acids is 1. The highest BCUT2D eigenvalue weighted by atomic mass is 32.2. The molecular weight excluding hydrogens is 292 g/mol. The lowest BCUT2D eigenvalue weighted by Crippen LogP contribution is -2.06. The topological polar surface area (TPSA) is 72.8 Å². The second-order valence-electron chi connectivity index (χ2n) is 4.03. The minimum atomic E-state index is -1.00. The molecule has 0 amide bonds. The first kappa shape index (κ1) is 17.1. The summed E-state index contributed by atoms with van der Waals surface area (Å²) in [6.45, 7) is 2.13. The lowest BCUT2D eigenvalue weighted by atomic mass is 10.1. The van der Waals surface area contributed by atoms with Crippen LogP contribution in [0.1, 0.15) is 18.1 Å². The predicted octanol–water partition coefficient (Wildman–Crippen LogP) is 2.59. The Morgan fingerprint density at radius 3 is 2.76 bits per heavy atom. The lowest BCUT2D eigenvalue weighted by molar-refractivity contribution is -0.139. The molecule has 6 heteroatoms. The van der Waals surface area contributed by atoms with Gasteiger partial charge in [-0.3, -0.25) is 4.79 Å². The normalized spacial score (nSPS) is 10.6. The number of ether oxygens (including phenoxy) is 2. The van der Waals surface area contributed by atoms with Gasteiger partial charge in [0.1, 0.15) is 5.75 Å². The van der Waals surface area contributed by atoms with E-state index in [1.54, 1.807) is 26.2 Å². The van der Waals surface area contributed by atoms with E-state index in [9.17, 15) is 9.59 Å². The average Bonchev–Trinajstić information content (AvgIpc) is 2.45. The minimum Gasteiger partial charge on any atom is -0.497 e. The Morgan fingerprint density at radius 1 is 1.38 bits per heavy atom. The first-order chi connectivity index (χ1) is 10.1. The smallest absolute Gasteiger partial charge is 0.328 e. The number of methoxy groups -OCH3 is 1. The van der Waals surface area contributed by atoms with Crippen molar-refractivity contribution in [3.8, 4) is 5.75 Å². The fourth-order valence-electron chi connectivity index (χ4n) is 1.60. The van der Waals surface area contributed by atoms with Crippen molar-refractivity contribution in [2.75, 3.05) is 19.5 Å². The van der Waals surface area contributed by atoms with Gasteiger partial charge in [0.15, 0.2) is 0 Å². The van der Waals surface area contributed by atoms with E-state index in [1.165, 1.54) is 17.8 Å². The zero-order valence-electron chi connectivity index (χ0n) is 12.0. The van der Waals surface area contributed by atoms with Gasteiger partial charge in [-0.15, -0.1) is 11.8 Å². The molecule has 1 aromatic carbocycles. The second-order valence-corrected chi connectivity index (χ2v) is 5.02. The molecule has 0 fully saturated rings. The van der Waals surface area contributed by atoms with Gasteiger partial charge in [-0.25, -0.2) is 4.79 Å². The van der Waals surface area contributed by atoms with Gasteiger partial charge in [0.25, 0.3) is 0 Å². The predicted molar refractivity (Wildman–Crippen MR) is 82.5 cm³/mol. The summed E-state index contributed by atoms with van der Waals surface area (Å²) in [7, 11) is 1.57. The summed E-state index contributed by atoms with van der Waals surface area (Å²) in [6.07, 6.45) is 2.61. The third-order valence-corrected chi connectivity index (χ3v) is 3.49. The van der Waals surface area contributed by atoms with Gasteiger partial charge in [-0.05, 0) is 36.3 Å². The highest BCUT2D eigenvalue weighted by Gasteiger charge is 2.06. The van der Waals surface area contributed by atoms with Crippen molar-refractivity contribution < 1.29 is 24.2 Å². The Morgan fingerprint density at radius 2 is 2.14 bits per heavy atom. The fraction of sp³-hybridized carbons (Fsp3) is 0.333. The SMILES string of the molecule is CCOC(=O)CSCc1cc(OC)ccc1C=CC(=O)O. The van der Waals surface area contributed by atoms with Crippen LogP contribution >= 0.6 is 11.8 Å². The summed E-state index contributed by atoms with van der Waals surface area (Å²) in [5.74, 6) is 0.251. The Hall–Kier alpha value is -1.95. The number of esters is 1. The van der Waals surface area contributed by atoms with Crippen molar-refractivity contribution >= 4 is 29.8 Å². The maximum atomic E-state index is 11.3. The minimum absolute atomic E-state index is 0.256. The van der Waals surface area contributed by atoms with Crippen molar-refractivity contribution in [1.82, 2.24) is 0 Å². The van der Waals surface area contributed by atoms with Gasteiger partial charge in [-0.2, -0.15) is 0 Å². The lowest BCUT2D eigenvalue weighted by Gasteiger charge is -2.08. The van der Waals surface area contributed by atoms with E-state index in [0.29, 0.717) is 18.1 Å². The van der Waals surface area contributed by atoms with Gasteiger partial charge in [0.05, 0.1) is 19.5 Å². The van der Waals surface area contributed by atoms with Gasteiger partial charge < -0.3 is 14.6 Å². The molecule has 1 rings (SSSR count). The van der Waals surface area contributed by atoms with Crippen LogP contribution in [0, 0.1) is 0 Å². The Balaban J connectivity index is 2.76. The number of carbonyl (C=O) groups is 2. The first-order valence-corrected chi connectivity index (χ1v) is 7.53. The molecule has 1 N–H and O–H groups in total. The summed E-state index contributed by atoms with van der Waals surface area (Å²) >= 11 is 1.41. The Labute approximate surface area is 127 Å². The summed E-state index contributed by atoms with van der Waals surface area (Å²) in [6, 6.07) is 5.39. The van der Waals surface area contributed by atoms with E-state index in [4.69, 9.17) is 14.6 Å². The Kier molecular flexibility index (Phi) is 7.39. The van der Waals surface area contributed by atoms with Crippen LogP contribution in [0.4, 0.5) is 0 Å². The maximum Gasteiger partial charge on any atom is 0.328 e. The molecule has 0 aliphatic heterocycles. The van der Waals surface area contributed by atoms with Gasteiger partial charge in [0.2, 0.25) is 0 Å². The number of hydrogen-bond donors (Lipinski definition) is 1. The molecule has 0 atom stereocenters. The molecule has 0 spiro atoms. The van der Waals surface area contributed by atoms with Crippen LogP contribution in [-0.4, -0.2) is 36.5 Å². The third-order valence-electron chi connectivity index (χ3n) is 2.54. The van der Waals surface area contributed by atoms with Crippen LogP contribution in [0.3, 0.4) is 0 Å². The molecule has 0 aliphatic rings. The largest absolute Gasteiger partial charge is 0.497 e. The number of carboxylic acid groups (broad SMARTS) is 1. The third kappa shape index (κ3) is 6.35. The van der Waals surface area contributed by atoms with E-state index in [1.807, 2.05) is 6.07 Å². The molecule has 0 heterocycles. The molecule has 0 saturated carbocycles. The van der Waals surface area contributed by atoms with E-state index in [0.717, 1.165) is 17.2 Å². The number of benzene rings is 1. The van der Waals surface area contributed by atoms with Crippen molar-refractivity contribution in [2.24, 2.45) is 0 Å². The standard InChI is InChI=1S/C15H18O5S/c1-3-20-15(18)10-21-9-12-8-13(19-2)6-4-11(12)5-7-14(16)17/h4-8H,3,9-10H2,1-2H3,(H,16,17). The monoisotopic (exact) mass is 310 g/mol. The van der Waals surface area contributed by atoms with Crippen LogP contribution in [-0.2, 0) is 20.1 Å². The first-order valence-electron chi connectivity index (χ1n) is 6.38. The molecule has 0 radical (unpaired) electrons. The van der Waals surface area contributed by atoms with Crippen LogP contribution < -0.4 is 4.74 Å². The van der Waals surface area contributed by atoms with Crippen LogP contribution in [0.5, 0.6) is 5.75 Å². The number of hydrogen-bond acceptors (Lipinski definition) is 5. The van der Waals surface area contributed by atoms with Crippen LogP contribution in [0.25, 0.3) is 6.08 Å². The molecule has 21 heavy (non-hydrogen) atoms. The van der Waals surface area contributed by atoms with Crippen LogP contribution in [0.15, 0.2) is 24.3 Å². The number of rotatable bonds is 8. The second kappa shape index (κ2) is 9.07. The summed E-state index contributed by atoms with van der Waals surface area (Å²) in [5, 5.41) is 8.70. The summed E-state index contributed by atoms with van der Waals surface area (Å²) in [4.78, 5) is 21.9. The summed E-state index contributed by atoms with van der Waals surface area (Å²) in [5.41, 5.74) is 1.69. The van der Waals surface area contributed by atoms with E-state index in [2.05, 4.69) is 0 Å². The van der Waals surface area contributed by atoms with Gasteiger partial charge >= 0.3 is 11.9 Å². The molecule has 0 aromatic heterocycles. The molecular formula is C15H18O5S.